The molecule has 43 heavy (non-hydrogen) atoms. The molecule has 3 aromatic carbocycles. The van der Waals surface area contributed by atoms with Crippen LogP contribution in [0, 0.1) is 16.6 Å². The second kappa shape index (κ2) is 11.2. The van der Waals surface area contributed by atoms with Gasteiger partial charge in [-0.15, -0.1) is 0 Å². The maximum absolute atomic E-state index is 14.2. The van der Waals surface area contributed by atoms with Gasteiger partial charge in [-0.3, -0.25) is 9.59 Å². The third-order valence-corrected chi connectivity index (χ3v) is 9.46. The molecule has 0 radical (unpaired) electrons. The number of hydrogen-bond acceptors (Lipinski definition) is 4. The zero-order valence-electron chi connectivity index (χ0n) is 25.2. The highest BCUT2D eigenvalue weighted by atomic mass is 79.9. The predicted octanol–water partition coefficient (Wildman–Crippen LogP) is 9.05. The number of hydrogen-bond donors (Lipinski definition) is 0. The first kappa shape index (κ1) is 29.6. The number of nitrogens with zero attached hydrogens (tertiary/aromatic N) is 1. The number of Topliss-reactive ketones (excluding diaryl/α,β-unsaturated/α-hetero) is 2. The number of allylic oxidation sites excluding steroid dienone is 4. The lowest BCUT2D eigenvalue weighted by atomic mass is 9.63. The molecule has 0 saturated carbocycles. The molecule has 0 atom stereocenters. The second-order valence-corrected chi connectivity index (χ2v) is 14.5. The number of benzene rings is 3. The van der Waals surface area contributed by atoms with Gasteiger partial charge in [0.2, 0.25) is 0 Å². The Bertz CT molecular complexity index is 1620. The van der Waals surface area contributed by atoms with Crippen molar-refractivity contribution < 1.29 is 18.7 Å². The Morgan fingerprint density at radius 1 is 0.814 bits per heavy atom. The van der Waals surface area contributed by atoms with Crippen molar-refractivity contribution in [2.45, 2.75) is 72.4 Å². The molecule has 0 saturated heterocycles. The van der Waals surface area contributed by atoms with Gasteiger partial charge in [-0.05, 0) is 68.9 Å². The fraction of sp³-hybridized carbons (Fsp3) is 0.351. The lowest BCUT2D eigenvalue weighted by Gasteiger charge is -2.49. The minimum absolute atomic E-state index is 0.0915. The molecule has 0 bridgehead atoms. The summed E-state index contributed by atoms with van der Waals surface area (Å²) in [5.74, 6) is 0.0307. The Labute approximate surface area is 261 Å². The van der Waals surface area contributed by atoms with Crippen LogP contribution in [0.1, 0.15) is 76.0 Å². The molecular weight excluding hydrogens is 605 g/mol. The number of ether oxygens (including phenoxy) is 1. The minimum atomic E-state index is -0.443. The monoisotopic (exact) mass is 641 g/mol. The summed E-state index contributed by atoms with van der Waals surface area (Å²) in [6, 6.07) is 22.6. The molecule has 3 aliphatic rings. The van der Waals surface area contributed by atoms with E-state index in [1.165, 1.54) is 6.07 Å². The van der Waals surface area contributed by atoms with Gasteiger partial charge in [-0.1, -0.05) is 82.3 Å². The van der Waals surface area contributed by atoms with Crippen molar-refractivity contribution in [1.82, 2.24) is 4.90 Å². The van der Waals surface area contributed by atoms with Crippen molar-refractivity contribution in [3.8, 4) is 5.75 Å². The largest absolute Gasteiger partial charge is 0.488 e. The SMILES string of the molecule is CC1(C)CC(=O)C2=C(C1)N(Cc1ccccc1)C1=C(C(=O)CC(C)(C)C1)C2c1ccc(OCc2ccccc2F)c(Br)c1. The van der Waals surface area contributed by atoms with E-state index >= 15 is 0 Å². The summed E-state index contributed by atoms with van der Waals surface area (Å²) < 4.78 is 20.9. The number of carbonyl (C=O) groups is 2. The van der Waals surface area contributed by atoms with Gasteiger partial charge >= 0.3 is 0 Å². The van der Waals surface area contributed by atoms with Crippen molar-refractivity contribution in [3.05, 3.63) is 122 Å². The Morgan fingerprint density at radius 3 is 1.98 bits per heavy atom. The average Bonchev–Trinajstić information content (AvgIpc) is 2.93. The van der Waals surface area contributed by atoms with Gasteiger partial charge in [0.25, 0.3) is 0 Å². The highest BCUT2D eigenvalue weighted by Crippen LogP contribution is 2.55. The van der Waals surface area contributed by atoms with Gasteiger partial charge in [0.1, 0.15) is 18.2 Å². The van der Waals surface area contributed by atoms with Crippen molar-refractivity contribution >= 4 is 27.5 Å². The van der Waals surface area contributed by atoms with Gasteiger partial charge in [-0.25, -0.2) is 4.39 Å². The third-order valence-electron chi connectivity index (χ3n) is 8.84. The molecule has 0 N–H and O–H groups in total. The van der Waals surface area contributed by atoms with Crippen LogP contribution in [-0.2, 0) is 22.7 Å². The molecule has 6 rings (SSSR count). The Balaban J connectivity index is 1.46. The summed E-state index contributed by atoms with van der Waals surface area (Å²) in [7, 11) is 0. The van der Waals surface area contributed by atoms with E-state index in [9.17, 15) is 14.0 Å². The third kappa shape index (κ3) is 5.86. The van der Waals surface area contributed by atoms with E-state index in [1.54, 1.807) is 18.2 Å². The highest BCUT2D eigenvalue weighted by molar-refractivity contribution is 9.10. The maximum atomic E-state index is 14.2. The molecule has 0 aromatic heterocycles. The summed E-state index contributed by atoms with van der Waals surface area (Å²) in [5, 5.41) is 0. The molecule has 0 fully saturated rings. The van der Waals surface area contributed by atoms with E-state index in [0.717, 1.165) is 46.5 Å². The molecule has 4 nitrogen and oxygen atoms in total. The van der Waals surface area contributed by atoms with Gasteiger partial charge < -0.3 is 9.64 Å². The fourth-order valence-corrected chi connectivity index (χ4v) is 7.43. The van der Waals surface area contributed by atoms with Crippen molar-refractivity contribution in [1.29, 1.82) is 0 Å². The fourth-order valence-electron chi connectivity index (χ4n) is 6.92. The van der Waals surface area contributed by atoms with Gasteiger partial charge in [0.05, 0.1) is 4.47 Å². The van der Waals surface area contributed by atoms with Crippen molar-refractivity contribution in [3.63, 3.8) is 0 Å². The van der Waals surface area contributed by atoms with E-state index in [2.05, 4.69) is 60.7 Å². The maximum Gasteiger partial charge on any atom is 0.162 e. The van der Waals surface area contributed by atoms with Crippen LogP contribution in [0.2, 0.25) is 0 Å². The molecule has 2 aliphatic carbocycles. The van der Waals surface area contributed by atoms with Crippen LogP contribution in [0.15, 0.2) is 99.8 Å². The second-order valence-electron chi connectivity index (χ2n) is 13.7. The van der Waals surface area contributed by atoms with Gasteiger partial charge in [0.15, 0.2) is 11.6 Å². The van der Waals surface area contributed by atoms with E-state index in [1.807, 2.05) is 36.4 Å². The molecule has 222 valence electrons. The Kier molecular flexibility index (Phi) is 7.70. The summed E-state index contributed by atoms with van der Waals surface area (Å²) >= 11 is 3.67. The smallest absolute Gasteiger partial charge is 0.162 e. The summed E-state index contributed by atoms with van der Waals surface area (Å²) in [5.41, 5.74) is 5.68. The van der Waals surface area contributed by atoms with Crippen LogP contribution >= 0.6 is 15.9 Å². The lowest BCUT2D eigenvalue weighted by Crippen LogP contribution is -2.44. The van der Waals surface area contributed by atoms with E-state index in [0.29, 0.717) is 35.2 Å². The number of ketones is 2. The van der Waals surface area contributed by atoms with Crippen molar-refractivity contribution in [2.24, 2.45) is 10.8 Å². The molecule has 3 aromatic rings. The van der Waals surface area contributed by atoms with Gasteiger partial charge in [0, 0.05) is 53.4 Å². The van der Waals surface area contributed by atoms with Crippen LogP contribution < -0.4 is 4.74 Å². The van der Waals surface area contributed by atoms with Crippen LogP contribution in [0.3, 0.4) is 0 Å². The highest BCUT2D eigenvalue weighted by Gasteiger charge is 2.49. The average molecular weight is 643 g/mol. The summed E-state index contributed by atoms with van der Waals surface area (Å²) in [6.45, 7) is 9.33. The summed E-state index contributed by atoms with van der Waals surface area (Å²) in [4.78, 5) is 30.5. The molecule has 0 spiro atoms. The molecular formula is C37H37BrFNO3. The molecule has 0 unspecified atom stereocenters. The standard InChI is InChI=1S/C37H37BrFNO3/c1-36(2)17-28-34(30(41)19-36)33(24-14-15-32(26(38)16-24)43-22-25-12-8-9-13-27(25)39)35-29(18-37(3,4)20-31(35)42)40(28)21-23-10-6-5-7-11-23/h5-16,33H,17-22H2,1-4H3. The van der Waals surface area contributed by atoms with Gasteiger partial charge in [-0.2, -0.15) is 0 Å². The lowest BCUT2D eigenvalue weighted by molar-refractivity contribution is -0.119. The van der Waals surface area contributed by atoms with E-state index < -0.39 is 5.92 Å². The number of carbonyl (C=O) groups excluding carboxylic acids is 2. The van der Waals surface area contributed by atoms with Crippen molar-refractivity contribution in [2.75, 3.05) is 0 Å². The molecule has 0 amide bonds. The van der Waals surface area contributed by atoms with Crippen LogP contribution in [0.25, 0.3) is 0 Å². The van der Waals surface area contributed by atoms with Crippen LogP contribution in [0.5, 0.6) is 5.75 Å². The minimum Gasteiger partial charge on any atom is -0.488 e. The topological polar surface area (TPSA) is 46.6 Å². The summed E-state index contributed by atoms with van der Waals surface area (Å²) in [6.07, 6.45) is 2.39. The quantitative estimate of drug-likeness (QED) is 0.269. The Hall–Kier alpha value is -3.51. The predicted molar refractivity (Wildman–Crippen MR) is 170 cm³/mol. The molecule has 1 aliphatic heterocycles. The first-order chi connectivity index (χ1) is 20.4. The normalized spacial score (nSPS) is 19.8. The first-order valence-electron chi connectivity index (χ1n) is 14.9. The molecule has 1 heterocycles. The van der Waals surface area contributed by atoms with Crippen LogP contribution in [-0.4, -0.2) is 16.5 Å². The number of halogens is 2. The van der Waals surface area contributed by atoms with E-state index in [4.69, 9.17) is 4.74 Å². The number of rotatable bonds is 6. The zero-order valence-corrected chi connectivity index (χ0v) is 26.8. The van der Waals surface area contributed by atoms with E-state index in [-0.39, 0.29) is 34.8 Å². The van der Waals surface area contributed by atoms with Crippen LogP contribution in [0.4, 0.5) is 4.39 Å². The first-order valence-corrected chi connectivity index (χ1v) is 15.7. The molecule has 6 heteroatoms. The Morgan fingerprint density at radius 2 is 1.40 bits per heavy atom. The zero-order chi connectivity index (χ0) is 30.5.